The number of hydrogen-bond acceptors (Lipinski definition) is 4. The number of halogens is 1. The lowest BCUT2D eigenvalue weighted by Gasteiger charge is -2.43. The maximum absolute atomic E-state index is 12.7. The molecule has 2 heterocycles. The van der Waals surface area contributed by atoms with Crippen molar-refractivity contribution < 1.29 is 9.59 Å². The summed E-state index contributed by atoms with van der Waals surface area (Å²) in [7, 11) is 0. The molecule has 2 atom stereocenters. The second-order valence-electron chi connectivity index (χ2n) is 9.24. The van der Waals surface area contributed by atoms with Crippen LogP contribution in [0.4, 0.5) is 15.5 Å². The lowest BCUT2D eigenvalue weighted by molar-refractivity contribution is 0.0890. The van der Waals surface area contributed by atoms with Gasteiger partial charge in [0.05, 0.1) is 5.56 Å². The van der Waals surface area contributed by atoms with Crippen LogP contribution in [0.5, 0.6) is 0 Å². The minimum atomic E-state index is -0.492. The highest BCUT2D eigenvalue weighted by molar-refractivity contribution is 7.17. The maximum Gasteiger partial charge on any atom is 0.324 e. The number of primary amides is 1. The summed E-state index contributed by atoms with van der Waals surface area (Å²) in [6.07, 6.45) is 8.49. The van der Waals surface area contributed by atoms with Gasteiger partial charge in [-0.05, 0) is 68.4 Å². The van der Waals surface area contributed by atoms with Gasteiger partial charge in [0.25, 0.3) is 5.91 Å². The number of benzene rings is 1. The predicted octanol–water partition coefficient (Wildman–Crippen LogP) is 6.42. The van der Waals surface area contributed by atoms with Crippen LogP contribution < -0.4 is 16.4 Å². The number of nitrogens with one attached hydrogen (secondary N) is 2. The first kappa shape index (κ1) is 24.0. The van der Waals surface area contributed by atoms with Crippen molar-refractivity contribution in [2.24, 2.45) is 11.7 Å². The topological polar surface area (TPSA) is 87.5 Å². The fraction of sp³-hybridized carbons (Fsp3) is 0.520. The molecule has 2 aromatic rings. The molecule has 1 aliphatic carbocycles. The number of carbonyl (C=O) groups excluding carboxylic acids is 2. The van der Waals surface area contributed by atoms with E-state index < -0.39 is 11.9 Å². The van der Waals surface area contributed by atoms with E-state index in [0.717, 1.165) is 35.7 Å². The molecule has 0 bridgehead atoms. The van der Waals surface area contributed by atoms with Gasteiger partial charge in [0.1, 0.15) is 5.00 Å². The number of urea groups is 1. The summed E-state index contributed by atoms with van der Waals surface area (Å²) in [5.74, 6) is 0.226. The number of fused-ring (bicyclic) bond motifs is 1. The molecule has 3 amide bonds. The van der Waals surface area contributed by atoms with Crippen molar-refractivity contribution in [2.75, 3.05) is 17.2 Å². The van der Waals surface area contributed by atoms with Gasteiger partial charge in [0.2, 0.25) is 0 Å². The molecular formula is C25H33ClN4O2S. The molecule has 6 nitrogen and oxygen atoms in total. The van der Waals surface area contributed by atoms with Crippen LogP contribution >= 0.6 is 22.9 Å². The second kappa shape index (κ2) is 10.5. The van der Waals surface area contributed by atoms with E-state index in [4.69, 9.17) is 17.3 Å². The number of carbonyl (C=O) groups is 2. The highest BCUT2D eigenvalue weighted by atomic mass is 35.5. The van der Waals surface area contributed by atoms with Gasteiger partial charge in [-0.2, -0.15) is 0 Å². The van der Waals surface area contributed by atoms with Gasteiger partial charge in [0.15, 0.2) is 0 Å². The van der Waals surface area contributed by atoms with Gasteiger partial charge in [-0.1, -0.05) is 37.8 Å². The Morgan fingerprint density at radius 3 is 2.48 bits per heavy atom. The molecule has 1 unspecified atom stereocenters. The van der Waals surface area contributed by atoms with Crippen LogP contribution in [0.25, 0.3) is 0 Å². The van der Waals surface area contributed by atoms with Gasteiger partial charge in [-0.15, -0.1) is 11.3 Å². The number of hydrogen-bond donors (Lipinski definition) is 3. The number of rotatable bonds is 6. The zero-order valence-corrected chi connectivity index (χ0v) is 20.9. The Morgan fingerprint density at radius 2 is 1.85 bits per heavy atom. The SMILES string of the molecule is CC[C@@H]1Cc2sc(NC(=O)Nc3ccc(Cl)cc3)c(C(N)=O)c2C(C)N1CC1CCCCC1. The number of thiophene rings is 1. The Hall–Kier alpha value is -2.09. The Balaban J connectivity index is 1.57. The van der Waals surface area contributed by atoms with Gasteiger partial charge in [0, 0.05) is 34.2 Å². The first-order chi connectivity index (χ1) is 15.9. The van der Waals surface area contributed by atoms with Gasteiger partial charge in [-0.25, -0.2) is 4.79 Å². The molecule has 1 aromatic carbocycles. The van der Waals surface area contributed by atoms with E-state index in [1.165, 1.54) is 43.4 Å². The Morgan fingerprint density at radius 1 is 1.15 bits per heavy atom. The first-order valence-electron chi connectivity index (χ1n) is 11.9. The maximum atomic E-state index is 12.7. The molecule has 0 saturated heterocycles. The van der Waals surface area contributed by atoms with E-state index in [-0.39, 0.29) is 6.04 Å². The molecule has 1 fully saturated rings. The third kappa shape index (κ3) is 5.36. The van der Waals surface area contributed by atoms with Crippen molar-refractivity contribution in [1.82, 2.24) is 4.90 Å². The lowest BCUT2D eigenvalue weighted by Crippen LogP contribution is -2.45. The highest BCUT2D eigenvalue weighted by Gasteiger charge is 2.38. The van der Waals surface area contributed by atoms with E-state index in [1.807, 2.05) is 0 Å². The summed E-state index contributed by atoms with van der Waals surface area (Å²) < 4.78 is 0. The van der Waals surface area contributed by atoms with E-state index in [2.05, 4.69) is 29.4 Å². The number of nitrogens with zero attached hydrogens (tertiary/aromatic N) is 1. The first-order valence-corrected chi connectivity index (χ1v) is 13.1. The normalized spacial score (nSPS) is 21.4. The molecule has 2 aliphatic rings. The minimum absolute atomic E-state index is 0.0919. The standard InChI is InChI=1S/C25H33ClN4O2S/c1-3-19-13-20-21(15(2)30(19)14-16-7-5-4-6-8-16)22(23(27)31)24(33-20)29-25(32)28-18-11-9-17(26)10-12-18/h9-12,15-16,19H,3-8,13-14H2,1-2H3,(H2,27,31)(H2,28,29,32)/t15?,19-/m1/s1. The molecule has 1 aromatic heterocycles. The van der Waals surface area contributed by atoms with Crippen LogP contribution in [-0.2, 0) is 6.42 Å². The molecule has 1 aliphatic heterocycles. The summed E-state index contributed by atoms with van der Waals surface area (Å²) in [5.41, 5.74) is 7.92. The highest BCUT2D eigenvalue weighted by Crippen LogP contribution is 2.45. The predicted molar refractivity (Wildman–Crippen MR) is 136 cm³/mol. The second-order valence-corrected chi connectivity index (χ2v) is 10.8. The monoisotopic (exact) mass is 488 g/mol. The molecule has 4 N–H and O–H groups in total. The van der Waals surface area contributed by atoms with Crippen molar-refractivity contribution in [1.29, 1.82) is 0 Å². The van der Waals surface area contributed by atoms with Crippen molar-refractivity contribution >= 4 is 45.6 Å². The van der Waals surface area contributed by atoms with Crippen LogP contribution in [0.3, 0.4) is 0 Å². The molecule has 8 heteroatoms. The van der Waals surface area contributed by atoms with Crippen molar-refractivity contribution in [2.45, 2.75) is 70.9 Å². The number of anilines is 2. The molecule has 0 spiro atoms. The Kier molecular flexibility index (Phi) is 7.62. The largest absolute Gasteiger partial charge is 0.365 e. The summed E-state index contributed by atoms with van der Waals surface area (Å²) in [5, 5.41) is 6.80. The summed E-state index contributed by atoms with van der Waals surface area (Å²) in [6, 6.07) is 7.00. The van der Waals surface area contributed by atoms with Crippen molar-refractivity contribution in [3.8, 4) is 0 Å². The average Bonchev–Trinajstić information content (AvgIpc) is 3.16. The summed E-state index contributed by atoms with van der Waals surface area (Å²) in [6.45, 7) is 5.48. The van der Waals surface area contributed by atoms with E-state index in [0.29, 0.717) is 27.3 Å². The fourth-order valence-electron chi connectivity index (χ4n) is 5.38. The zero-order valence-electron chi connectivity index (χ0n) is 19.3. The summed E-state index contributed by atoms with van der Waals surface area (Å²) in [4.78, 5) is 29.0. The molecule has 178 valence electrons. The zero-order chi connectivity index (χ0) is 23.5. The van der Waals surface area contributed by atoms with Crippen LogP contribution in [0, 0.1) is 5.92 Å². The van der Waals surface area contributed by atoms with Crippen LogP contribution in [-0.4, -0.2) is 29.4 Å². The smallest absolute Gasteiger partial charge is 0.324 e. The van der Waals surface area contributed by atoms with Crippen molar-refractivity contribution in [3.63, 3.8) is 0 Å². The molecule has 33 heavy (non-hydrogen) atoms. The Labute approximate surface area is 204 Å². The molecule has 0 radical (unpaired) electrons. The lowest BCUT2D eigenvalue weighted by atomic mass is 9.85. The van der Waals surface area contributed by atoms with Gasteiger partial charge >= 0.3 is 6.03 Å². The average molecular weight is 489 g/mol. The number of amides is 3. The molecule has 4 rings (SSSR count). The third-order valence-electron chi connectivity index (χ3n) is 7.07. The van der Waals surface area contributed by atoms with E-state index in [9.17, 15) is 9.59 Å². The molecular weight excluding hydrogens is 456 g/mol. The third-order valence-corrected chi connectivity index (χ3v) is 8.46. The van der Waals surface area contributed by atoms with E-state index >= 15 is 0 Å². The van der Waals surface area contributed by atoms with Gasteiger partial charge < -0.3 is 11.1 Å². The fourth-order valence-corrected chi connectivity index (χ4v) is 6.87. The Bertz CT molecular complexity index is 1000. The van der Waals surface area contributed by atoms with Gasteiger partial charge in [-0.3, -0.25) is 15.0 Å². The van der Waals surface area contributed by atoms with Crippen LogP contribution in [0.15, 0.2) is 24.3 Å². The minimum Gasteiger partial charge on any atom is -0.365 e. The van der Waals surface area contributed by atoms with E-state index in [1.54, 1.807) is 24.3 Å². The summed E-state index contributed by atoms with van der Waals surface area (Å²) >= 11 is 7.40. The van der Waals surface area contributed by atoms with Crippen LogP contribution in [0.1, 0.15) is 79.2 Å². The molecule has 1 saturated carbocycles. The van der Waals surface area contributed by atoms with Crippen molar-refractivity contribution in [3.05, 3.63) is 45.3 Å². The quantitative estimate of drug-likeness (QED) is 0.438. The van der Waals surface area contributed by atoms with Crippen LogP contribution in [0.2, 0.25) is 5.02 Å². The number of nitrogens with two attached hydrogens (primary N) is 1.